The van der Waals surface area contributed by atoms with Crippen molar-refractivity contribution >= 4 is 29.5 Å². The Bertz CT molecular complexity index is 1550. The second-order valence-electron chi connectivity index (χ2n) is 11.7. The van der Waals surface area contributed by atoms with Crippen LogP contribution in [-0.4, -0.2) is 75.5 Å². The van der Waals surface area contributed by atoms with Gasteiger partial charge in [0.05, 0.1) is 17.2 Å². The van der Waals surface area contributed by atoms with Crippen LogP contribution in [0.5, 0.6) is 0 Å². The molecule has 1 unspecified atom stereocenters. The zero-order chi connectivity index (χ0) is 29.6. The maximum Gasteiger partial charge on any atom is 0.262 e. The highest BCUT2D eigenvalue weighted by Crippen LogP contribution is 2.37. The minimum atomic E-state index is -1.05. The van der Waals surface area contributed by atoms with E-state index in [0.29, 0.717) is 25.2 Å². The van der Waals surface area contributed by atoms with Gasteiger partial charge < -0.3 is 4.90 Å². The fourth-order valence-electron chi connectivity index (χ4n) is 6.43. The lowest BCUT2D eigenvalue weighted by Gasteiger charge is -2.50. The van der Waals surface area contributed by atoms with Gasteiger partial charge in [0, 0.05) is 37.2 Å². The number of benzene rings is 3. The van der Waals surface area contributed by atoms with Gasteiger partial charge in [0.25, 0.3) is 17.7 Å². The monoisotopic (exact) mass is 564 g/mol. The number of nitrogens with one attached hydrogen (secondary N) is 1. The first-order chi connectivity index (χ1) is 20.2. The van der Waals surface area contributed by atoms with Gasteiger partial charge in [-0.3, -0.25) is 39.1 Å². The molecule has 3 aromatic carbocycles. The lowest BCUT2D eigenvalue weighted by molar-refractivity contribution is -0.136. The summed E-state index contributed by atoms with van der Waals surface area (Å²) in [5.41, 5.74) is 2.54. The van der Waals surface area contributed by atoms with Crippen LogP contribution < -0.4 is 5.32 Å². The zero-order valence-electron chi connectivity index (χ0n) is 23.6. The zero-order valence-corrected chi connectivity index (χ0v) is 23.6. The van der Waals surface area contributed by atoms with Crippen LogP contribution in [-0.2, 0) is 9.59 Å². The van der Waals surface area contributed by atoms with E-state index in [9.17, 15) is 24.0 Å². The van der Waals surface area contributed by atoms with Crippen molar-refractivity contribution in [3.05, 3.63) is 107 Å². The third-order valence-electron chi connectivity index (χ3n) is 8.48. The number of hydrogen-bond donors (Lipinski definition) is 1. The summed E-state index contributed by atoms with van der Waals surface area (Å²) < 4.78 is 0. The number of carbonyl (C=O) groups excluding carboxylic acids is 5. The quantitative estimate of drug-likeness (QED) is 0.476. The third kappa shape index (κ3) is 4.79. The van der Waals surface area contributed by atoms with Crippen molar-refractivity contribution in [2.45, 2.75) is 44.3 Å². The molecule has 9 heteroatoms. The lowest BCUT2D eigenvalue weighted by atomic mass is 9.89. The van der Waals surface area contributed by atoms with Crippen molar-refractivity contribution in [3.8, 4) is 0 Å². The Morgan fingerprint density at radius 1 is 0.833 bits per heavy atom. The molecule has 214 valence electrons. The Kier molecular flexibility index (Phi) is 6.98. The molecule has 1 atom stereocenters. The van der Waals surface area contributed by atoms with E-state index in [0.717, 1.165) is 4.90 Å². The molecule has 0 aromatic heterocycles. The predicted molar refractivity (Wildman–Crippen MR) is 155 cm³/mol. The molecular formula is C33H32N4O5. The van der Waals surface area contributed by atoms with E-state index in [-0.39, 0.29) is 41.5 Å². The number of piperidine rings is 1. The van der Waals surface area contributed by atoms with Gasteiger partial charge in [-0.15, -0.1) is 0 Å². The van der Waals surface area contributed by atoms with Crippen LogP contribution in [0, 0.1) is 0 Å². The Balaban J connectivity index is 1.23. The van der Waals surface area contributed by atoms with Crippen molar-refractivity contribution in [2.75, 3.05) is 19.6 Å². The number of rotatable bonds is 5. The van der Waals surface area contributed by atoms with Gasteiger partial charge in [0.1, 0.15) is 6.04 Å². The second kappa shape index (κ2) is 10.6. The molecule has 3 aliphatic rings. The van der Waals surface area contributed by atoms with E-state index in [1.165, 1.54) is 23.3 Å². The summed E-state index contributed by atoms with van der Waals surface area (Å²) in [5, 5.41) is 2.20. The van der Waals surface area contributed by atoms with Gasteiger partial charge in [0.2, 0.25) is 11.8 Å². The van der Waals surface area contributed by atoms with Crippen LogP contribution in [0.1, 0.15) is 74.9 Å². The number of piperazine rings is 1. The van der Waals surface area contributed by atoms with Gasteiger partial charge in [0.15, 0.2) is 0 Å². The van der Waals surface area contributed by atoms with Crippen molar-refractivity contribution in [1.82, 2.24) is 20.0 Å². The Morgan fingerprint density at radius 2 is 1.45 bits per heavy atom. The highest BCUT2D eigenvalue weighted by atomic mass is 16.2. The summed E-state index contributed by atoms with van der Waals surface area (Å²) >= 11 is 0. The maximum absolute atomic E-state index is 13.8. The molecule has 1 N–H and O–H groups in total. The smallest absolute Gasteiger partial charge is 0.262 e. The minimum Gasteiger partial charge on any atom is -0.336 e. The highest BCUT2D eigenvalue weighted by molar-refractivity contribution is 6.24. The van der Waals surface area contributed by atoms with Gasteiger partial charge in [-0.05, 0) is 49.6 Å². The molecule has 5 amide bonds. The number of carbonyl (C=O) groups is 5. The lowest BCUT2D eigenvalue weighted by Crippen LogP contribution is -2.61. The molecule has 3 aliphatic heterocycles. The Hall–Kier alpha value is -4.63. The first-order valence-electron chi connectivity index (χ1n) is 14.2. The predicted octanol–water partition coefficient (Wildman–Crippen LogP) is 3.41. The molecule has 3 heterocycles. The van der Waals surface area contributed by atoms with Crippen LogP contribution in [0.3, 0.4) is 0 Å². The first kappa shape index (κ1) is 27.5. The highest BCUT2D eigenvalue weighted by Gasteiger charge is 2.45. The van der Waals surface area contributed by atoms with Crippen molar-refractivity contribution < 1.29 is 24.0 Å². The molecule has 0 radical (unpaired) electrons. The molecule has 0 aliphatic carbocycles. The van der Waals surface area contributed by atoms with Crippen LogP contribution in [0.4, 0.5) is 0 Å². The van der Waals surface area contributed by atoms with Gasteiger partial charge in [-0.1, -0.05) is 60.7 Å². The summed E-state index contributed by atoms with van der Waals surface area (Å²) in [4.78, 5) is 69.2. The largest absolute Gasteiger partial charge is 0.336 e. The standard InChI is InChI=1S/C33H32N4O5/c1-33(2)20-35(17-18-36(33)28(21-9-5-3-6-10-21)22-11-7-4-8-12-22)30(40)23-13-14-24-25(19-23)32(42)37(31(24)41)26-15-16-27(38)34-29(26)39/h3-14,19,26,28H,15-18,20H2,1-2H3,(H,34,38,39). The van der Waals surface area contributed by atoms with Gasteiger partial charge in [-0.2, -0.15) is 0 Å². The fourth-order valence-corrected chi connectivity index (χ4v) is 6.43. The average molecular weight is 565 g/mol. The van der Waals surface area contributed by atoms with Crippen LogP contribution in [0.25, 0.3) is 0 Å². The van der Waals surface area contributed by atoms with E-state index >= 15 is 0 Å². The molecule has 0 spiro atoms. The maximum atomic E-state index is 13.8. The fraction of sp³-hybridized carbons (Fsp3) is 0.303. The summed E-state index contributed by atoms with van der Waals surface area (Å²) in [6.07, 6.45) is 0.124. The van der Waals surface area contributed by atoms with E-state index in [4.69, 9.17) is 0 Å². The number of imide groups is 2. The number of hydrogen-bond acceptors (Lipinski definition) is 6. The van der Waals surface area contributed by atoms with Gasteiger partial charge in [-0.25, -0.2) is 0 Å². The Labute approximate surface area is 244 Å². The van der Waals surface area contributed by atoms with E-state index in [2.05, 4.69) is 48.3 Å². The molecule has 3 aromatic rings. The number of amides is 5. The van der Waals surface area contributed by atoms with Crippen LogP contribution >= 0.6 is 0 Å². The van der Waals surface area contributed by atoms with Gasteiger partial charge >= 0.3 is 0 Å². The molecule has 42 heavy (non-hydrogen) atoms. The van der Waals surface area contributed by atoms with E-state index in [1.54, 1.807) is 11.0 Å². The molecular weight excluding hydrogens is 532 g/mol. The summed E-state index contributed by atoms with van der Waals surface area (Å²) in [7, 11) is 0. The summed E-state index contributed by atoms with van der Waals surface area (Å²) in [6.45, 7) is 5.86. The molecule has 0 bridgehead atoms. The molecule has 6 rings (SSSR count). The minimum absolute atomic E-state index is 0.0153. The normalized spacial score (nSPS) is 20.6. The number of nitrogens with zero attached hydrogens (tertiary/aromatic N) is 3. The van der Waals surface area contributed by atoms with E-state index in [1.807, 2.05) is 36.4 Å². The average Bonchev–Trinajstić information content (AvgIpc) is 3.23. The van der Waals surface area contributed by atoms with Crippen LogP contribution in [0.2, 0.25) is 0 Å². The molecule has 2 saturated heterocycles. The summed E-state index contributed by atoms with van der Waals surface area (Å²) in [6, 6.07) is 24.2. The topological polar surface area (TPSA) is 107 Å². The number of fused-ring (bicyclic) bond motifs is 1. The van der Waals surface area contributed by atoms with Crippen molar-refractivity contribution in [3.63, 3.8) is 0 Å². The van der Waals surface area contributed by atoms with Crippen molar-refractivity contribution in [2.24, 2.45) is 0 Å². The Morgan fingerprint density at radius 3 is 2.05 bits per heavy atom. The second-order valence-corrected chi connectivity index (χ2v) is 11.7. The van der Waals surface area contributed by atoms with Crippen molar-refractivity contribution in [1.29, 1.82) is 0 Å². The third-order valence-corrected chi connectivity index (χ3v) is 8.48. The molecule has 2 fully saturated rings. The molecule has 9 nitrogen and oxygen atoms in total. The molecule has 0 saturated carbocycles. The van der Waals surface area contributed by atoms with E-state index < -0.39 is 29.7 Å². The first-order valence-corrected chi connectivity index (χ1v) is 14.2. The SMILES string of the molecule is CC1(C)CN(C(=O)c2ccc3c(c2)C(=O)N(C2CCC(=O)NC2=O)C3=O)CCN1C(c1ccccc1)c1ccccc1. The van der Waals surface area contributed by atoms with Crippen LogP contribution in [0.15, 0.2) is 78.9 Å². The summed E-state index contributed by atoms with van der Waals surface area (Å²) in [5.74, 6) is -2.53.